The van der Waals surface area contributed by atoms with Crippen LogP contribution in [-0.4, -0.2) is 19.1 Å². The molecule has 1 aromatic rings. The lowest BCUT2D eigenvalue weighted by molar-refractivity contribution is -0.117. The van der Waals surface area contributed by atoms with Crippen LogP contribution in [0.3, 0.4) is 0 Å². The summed E-state index contributed by atoms with van der Waals surface area (Å²) in [7, 11) is 0. The van der Waals surface area contributed by atoms with Crippen LogP contribution in [0.1, 0.15) is 32.1 Å². The van der Waals surface area contributed by atoms with Gasteiger partial charge in [0, 0.05) is 24.7 Å². The van der Waals surface area contributed by atoms with Crippen LogP contribution in [0.5, 0.6) is 5.75 Å². The van der Waals surface area contributed by atoms with E-state index in [4.69, 9.17) is 10.5 Å². The summed E-state index contributed by atoms with van der Waals surface area (Å²) in [6, 6.07) is 7.52. The molecule has 0 spiro atoms. The smallest absolute Gasteiger partial charge is 0.224 e. The summed E-state index contributed by atoms with van der Waals surface area (Å²) in [5.41, 5.74) is 6.22. The third-order valence-corrected chi connectivity index (χ3v) is 4.84. The minimum absolute atomic E-state index is 0.128. The molecule has 4 nitrogen and oxygen atoms in total. The molecule has 21 heavy (non-hydrogen) atoms. The van der Waals surface area contributed by atoms with Crippen molar-refractivity contribution in [2.75, 3.05) is 18.5 Å². The number of ether oxygens (including phenoxy) is 1. The van der Waals surface area contributed by atoms with Gasteiger partial charge < -0.3 is 15.8 Å². The van der Waals surface area contributed by atoms with E-state index in [0.717, 1.165) is 23.3 Å². The van der Waals surface area contributed by atoms with Crippen molar-refractivity contribution in [1.29, 1.82) is 0 Å². The average Bonchev–Trinajstić information content (AvgIpc) is 3.08. The van der Waals surface area contributed by atoms with Gasteiger partial charge in [0.25, 0.3) is 0 Å². The van der Waals surface area contributed by atoms with Crippen LogP contribution in [0.25, 0.3) is 0 Å². The van der Waals surface area contributed by atoms with Crippen LogP contribution in [0, 0.1) is 17.8 Å². The maximum absolute atomic E-state index is 12.2. The zero-order valence-electron chi connectivity index (χ0n) is 12.4. The van der Waals surface area contributed by atoms with Gasteiger partial charge in [-0.2, -0.15) is 0 Å². The summed E-state index contributed by atoms with van der Waals surface area (Å²) in [6.07, 6.45) is 5.96. The fraction of sp³-hybridized carbons (Fsp3) is 0.588. The lowest BCUT2D eigenvalue weighted by Gasteiger charge is -2.21. The van der Waals surface area contributed by atoms with E-state index >= 15 is 0 Å². The molecule has 2 fully saturated rings. The van der Waals surface area contributed by atoms with Crippen LogP contribution in [0.15, 0.2) is 24.3 Å². The summed E-state index contributed by atoms with van der Waals surface area (Å²) < 4.78 is 5.47. The van der Waals surface area contributed by atoms with Crippen LogP contribution in [-0.2, 0) is 4.79 Å². The monoisotopic (exact) mass is 288 g/mol. The minimum Gasteiger partial charge on any atom is -0.492 e. The van der Waals surface area contributed by atoms with Gasteiger partial charge in [-0.3, -0.25) is 4.79 Å². The van der Waals surface area contributed by atoms with E-state index in [0.29, 0.717) is 25.5 Å². The second-order valence-electron chi connectivity index (χ2n) is 6.35. The molecule has 0 aliphatic heterocycles. The number of carbonyl (C=O) groups is 1. The Kier molecular flexibility index (Phi) is 4.44. The number of nitrogens with one attached hydrogen (secondary N) is 1. The van der Waals surface area contributed by atoms with Crippen molar-refractivity contribution >= 4 is 11.6 Å². The van der Waals surface area contributed by atoms with Gasteiger partial charge >= 0.3 is 0 Å². The van der Waals surface area contributed by atoms with Crippen molar-refractivity contribution in [3.63, 3.8) is 0 Å². The van der Waals surface area contributed by atoms with Gasteiger partial charge in [0.1, 0.15) is 12.4 Å². The van der Waals surface area contributed by atoms with E-state index in [-0.39, 0.29) is 5.91 Å². The van der Waals surface area contributed by atoms with E-state index in [1.165, 1.54) is 25.7 Å². The third kappa shape index (κ3) is 3.56. The summed E-state index contributed by atoms with van der Waals surface area (Å²) in [5, 5.41) is 2.99. The third-order valence-electron chi connectivity index (χ3n) is 4.84. The lowest BCUT2D eigenvalue weighted by Crippen LogP contribution is -2.20. The largest absolute Gasteiger partial charge is 0.492 e. The van der Waals surface area contributed by atoms with Gasteiger partial charge in [0.05, 0.1) is 0 Å². The molecular formula is C17H24N2O2. The second kappa shape index (κ2) is 6.48. The number of fused-ring (bicyclic) bond motifs is 2. The standard InChI is InChI=1S/C17H24N2O2/c18-6-7-21-16-3-1-2-15(11-16)19-17(20)10-14-9-12-4-5-13(14)8-12/h1-3,11-14H,4-10,18H2,(H,19,20). The number of hydrogen-bond acceptors (Lipinski definition) is 3. The lowest BCUT2D eigenvalue weighted by atomic mass is 9.86. The van der Waals surface area contributed by atoms with Gasteiger partial charge in [-0.1, -0.05) is 12.5 Å². The van der Waals surface area contributed by atoms with E-state index < -0.39 is 0 Å². The number of carbonyl (C=O) groups excluding carboxylic acids is 1. The molecule has 3 rings (SSSR count). The van der Waals surface area contributed by atoms with Crippen LogP contribution in [0.2, 0.25) is 0 Å². The quantitative estimate of drug-likeness (QED) is 0.846. The fourth-order valence-electron chi connectivity index (χ4n) is 3.92. The van der Waals surface area contributed by atoms with Crippen LogP contribution in [0.4, 0.5) is 5.69 Å². The summed E-state index contributed by atoms with van der Waals surface area (Å²) >= 11 is 0. The van der Waals surface area contributed by atoms with Crippen molar-refractivity contribution in [3.8, 4) is 5.75 Å². The Labute approximate surface area is 126 Å². The molecule has 3 atom stereocenters. The molecule has 2 aliphatic rings. The molecule has 0 saturated heterocycles. The van der Waals surface area contributed by atoms with Crippen molar-refractivity contribution in [1.82, 2.24) is 0 Å². The number of rotatable bonds is 6. The Morgan fingerprint density at radius 1 is 1.33 bits per heavy atom. The molecule has 4 heteroatoms. The van der Waals surface area contributed by atoms with Crippen LogP contribution < -0.4 is 15.8 Å². The van der Waals surface area contributed by atoms with Crippen LogP contribution >= 0.6 is 0 Å². The van der Waals surface area contributed by atoms with E-state index in [9.17, 15) is 4.79 Å². The fourth-order valence-corrected chi connectivity index (χ4v) is 3.92. The zero-order chi connectivity index (χ0) is 14.7. The van der Waals surface area contributed by atoms with Gasteiger partial charge in [-0.15, -0.1) is 0 Å². The zero-order valence-corrected chi connectivity index (χ0v) is 12.4. The maximum atomic E-state index is 12.2. The highest BCUT2D eigenvalue weighted by atomic mass is 16.5. The molecule has 1 aromatic carbocycles. The summed E-state index contributed by atoms with van der Waals surface area (Å²) in [5.74, 6) is 3.16. The molecule has 114 valence electrons. The number of amides is 1. The Morgan fingerprint density at radius 3 is 2.95 bits per heavy atom. The molecule has 1 amide bonds. The first-order chi connectivity index (χ1) is 10.2. The molecule has 0 radical (unpaired) electrons. The first-order valence-corrected chi connectivity index (χ1v) is 7.97. The Morgan fingerprint density at radius 2 is 2.24 bits per heavy atom. The molecular weight excluding hydrogens is 264 g/mol. The minimum atomic E-state index is 0.128. The molecule has 2 aliphatic carbocycles. The highest BCUT2D eigenvalue weighted by Gasteiger charge is 2.40. The van der Waals surface area contributed by atoms with Crippen molar-refractivity contribution < 1.29 is 9.53 Å². The first-order valence-electron chi connectivity index (χ1n) is 7.97. The molecule has 3 N–H and O–H groups in total. The second-order valence-corrected chi connectivity index (χ2v) is 6.35. The van der Waals surface area contributed by atoms with Gasteiger partial charge in [0.2, 0.25) is 5.91 Å². The van der Waals surface area contributed by atoms with Crippen molar-refractivity contribution in [2.45, 2.75) is 32.1 Å². The van der Waals surface area contributed by atoms with Gasteiger partial charge in [-0.25, -0.2) is 0 Å². The number of nitrogens with two attached hydrogens (primary N) is 1. The van der Waals surface area contributed by atoms with E-state index in [1.807, 2.05) is 24.3 Å². The summed E-state index contributed by atoms with van der Waals surface area (Å²) in [4.78, 5) is 12.2. The number of hydrogen-bond donors (Lipinski definition) is 2. The predicted molar refractivity (Wildman–Crippen MR) is 83.2 cm³/mol. The maximum Gasteiger partial charge on any atom is 0.224 e. The molecule has 2 saturated carbocycles. The highest BCUT2D eigenvalue weighted by molar-refractivity contribution is 5.91. The average molecular weight is 288 g/mol. The topological polar surface area (TPSA) is 64.3 Å². The normalized spacial score (nSPS) is 26.8. The van der Waals surface area contributed by atoms with E-state index in [1.54, 1.807) is 0 Å². The summed E-state index contributed by atoms with van der Waals surface area (Å²) in [6.45, 7) is 0.976. The van der Waals surface area contributed by atoms with E-state index in [2.05, 4.69) is 5.32 Å². The Balaban J connectivity index is 1.52. The highest BCUT2D eigenvalue weighted by Crippen LogP contribution is 2.49. The Bertz CT molecular complexity index is 503. The predicted octanol–water partition coefficient (Wildman–Crippen LogP) is 2.79. The molecule has 3 unspecified atom stereocenters. The number of benzene rings is 1. The molecule has 0 aromatic heterocycles. The van der Waals surface area contributed by atoms with Crippen molar-refractivity contribution in [2.24, 2.45) is 23.5 Å². The Hall–Kier alpha value is -1.55. The SMILES string of the molecule is NCCOc1cccc(NC(=O)CC2CC3CCC2C3)c1. The number of anilines is 1. The first kappa shape index (κ1) is 14.4. The van der Waals surface area contributed by atoms with Gasteiger partial charge in [-0.05, 0) is 49.1 Å². The van der Waals surface area contributed by atoms with Gasteiger partial charge in [0.15, 0.2) is 0 Å². The van der Waals surface area contributed by atoms with Crippen molar-refractivity contribution in [3.05, 3.63) is 24.3 Å². The molecule has 2 bridgehead atoms. The molecule has 0 heterocycles.